The Kier molecular flexibility index (Phi) is 2.46. The van der Waals surface area contributed by atoms with E-state index in [1.165, 1.54) is 0 Å². The van der Waals surface area contributed by atoms with Gasteiger partial charge >= 0.3 is 6.40 Å². The number of hydrogen-bond acceptors (Lipinski definition) is 1. The molecule has 0 amide bonds. The van der Waals surface area contributed by atoms with Crippen LogP contribution in [0.4, 0.5) is 0 Å². The molecule has 36 valence electrons. The van der Waals surface area contributed by atoms with Gasteiger partial charge in [0.15, 0.2) is 0 Å². The third-order valence-electron chi connectivity index (χ3n) is 0.316. The SMILES string of the molecule is COC=[N+](C)C. The van der Waals surface area contributed by atoms with Gasteiger partial charge in [0.1, 0.15) is 14.1 Å². The largest absolute Gasteiger partial charge is 0.454 e. The van der Waals surface area contributed by atoms with Gasteiger partial charge in [-0.3, -0.25) is 0 Å². The molecule has 0 aromatic heterocycles. The van der Waals surface area contributed by atoms with Crippen molar-refractivity contribution < 1.29 is 9.31 Å². The maximum Gasteiger partial charge on any atom is 0.322 e. The smallest absolute Gasteiger partial charge is 0.322 e. The van der Waals surface area contributed by atoms with E-state index in [0.29, 0.717) is 0 Å². The zero-order valence-electron chi connectivity index (χ0n) is 4.43. The maximum atomic E-state index is 4.60. The van der Waals surface area contributed by atoms with Gasteiger partial charge in [-0.25, -0.2) is 4.58 Å². The molecular weight excluding hydrogens is 78.0 g/mol. The lowest BCUT2D eigenvalue weighted by Crippen LogP contribution is -1.98. The van der Waals surface area contributed by atoms with Crippen molar-refractivity contribution in [3.8, 4) is 0 Å². The molecule has 0 heterocycles. The molecule has 2 heteroatoms. The van der Waals surface area contributed by atoms with Gasteiger partial charge in [0, 0.05) is 0 Å². The lowest BCUT2D eigenvalue weighted by atomic mass is 11.1. The van der Waals surface area contributed by atoms with Crippen LogP contribution in [0.25, 0.3) is 0 Å². The minimum Gasteiger partial charge on any atom is -0.454 e. The van der Waals surface area contributed by atoms with E-state index in [-0.39, 0.29) is 0 Å². The third-order valence-corrected chi connectivity index (χ3v) is 0.316. The number of ether oxygens (including phenoxy) is 1. The summed E-state index contributed by atoms with van der Waals surface area (Å²) < 4.78 is 6.44. The second-order valence-corrected chi connectivity index (χ2v) is 1.30. The van der Waals surface area contributed by atoms with Gasteiger partial charge in [-0.05, 0) is 0 Å². The summed E-state index contributed by atoms with van der Waals surface area (Å²) in [7, 11) is 5.44. The van der Waals surface area contributed by atoms with E-state index < -0.39 is 0 Å². The van der Waals surface area contributed by atoms with Crippen molar-refractivity contribution in [3.63, 3.8) is 0 Å². The fourth-order valence-electron chi connectivity index (χ4n) is 0.211. The molecule has 0 spiro atoms. The standard InChI is InChI=1S/C4H10NO/c1-5(2)4-6-3/h4H,1-3H3/q+1. The van der Waals surface area contributed by atoms with E-state index in [4.69, 9.17) is 0 Å². The zero-order chi connectivity index (χ0) is 4.99. The van der Waals surface area contributed by atoms with Gasteiger partial charge in [-0.2, -0.15) is 0 Å². The molecule has 0 aromatic rings. The molecule has 0 saturated carbocycles. The molecule has 0 aromatic carbocycles. The highest BCUT2D eigenvalue weighted by atomic mass is 16.5. The Morgan fingerprint density at radius 3 is 2.00 bits per heavy atom. The molecule has 6 heavy (non-hydrogen) atoms. The van der Waals surface area contributed by atoms with Crippen molar-refractivity contribution >= 4 is 6.40 Å². The molecule has 0 rings (SSSR count). The van der Waals surface area contributed by atoms with Crippen molar-refractivity contribution in [3.05, 3.63) is 0 Å². The van der Waals surface area contributed by atoms with Crippen LogP contribution in [0.3, 0.4) is 0 Å². The molecule has 0 unspecified atom stereocenters. The Balaban J connectivity index is 3.14. The molecule has 0 radical (unpaired) electrons. The third kappa shape index (κ3) is 3.47. The van der Waals surface area contributed by atoms with Crippen molar-refractivity contribution in [1.82, 2.24) is 0 Å². The fourth-order valence-corrected chi connectivity index (χ4v) is 0.211. The summed E-state index contributed by atoms with van der Waals surface area (Å²) in [4.78, 5) is 0. The van der Waals surface area contributed by atoms with Crippen molar-refractivity contribution in [2.75, 3.05) is 21.2 Å². The zero-order valence-corrected chi connectivity index (χ0v) is 4.43. The number of methoxy groups -OCH3 is 1. The predicted molar refractivity (Wildman–Crippen MR) is 25.2 cm³/mol. The molecule has 0 aliphatic rings. The first-order valence-corrected chi connectivity index (χ1v) is 1.80. The van der Waals surface area contributed by atoms with E-state index in [0.717, 1.165) is 0 Å². The highest BCUT2D eigenvalue weighted by Crippen LogP contribution is 1.50. The first-order chi connectivity index (χ1) is 2.77. The van der Waals surface area contributed by atoms with Gasteiger partial charge in [0.25, 0.3) is 0 Å². The molecule has 0 N–H and O–H groups in total. The molecular formula is C4H10NO+. The lowest BCUT2D eigenvalue weighted by Gasteiger charge is -1.80. The van der Waals surface area contributed by atoms with Crippen LogP contribution in [-0.4, -0.2) is 32.2 Å². The second-order valence-electron chi connectivity index (χ2n) is 1.30. The first kappa shape index (κ1) is 5.47. The van der Waals surface area contributed by atoms with E-state index >= 15 is 0 Å². The quantitative estimate of drug-likeness (QED) is 0.248. The molecule has 0 atom stereocenters. The lowest BCUT2D eigenvalue weighted by molar-refractivity contribution is -0.467. The van der Waals surface area contributed by atoms with Crippen LogP contribution >= 0.6 is 0 Å². The van der Waals surface area contributed by atoms with E-state index in [2.05, 4.69) is 4.74 Å². The fraction of sp³-hybridized carbons (Fsp3) is 0.750. The first-order valence-electron chi connectivity index (χ1n) is 1.80. The number of hydrogen-bond donors (Lipinski definition) is 0. The summed E-state index contributed by atoms with van der Waals surface area (Å²) >= 11 is 0. The van der Waals surface area contributed by atoms with Gasteiger partial charge in [-0.15, -0.1) is 0 Å². The van der Waals surface area contributed by atoms with Crippen LogP contribution in [0.1, 0.15) is 0 Å². The van der Waals surface area contributed by atoms with Crippen LogP contribution in [0.15, 0.2) is 0 Å². The average molecular weight is 88.1 g/mol. The average Bonchev–Trinajstić information content (AvgIpc) is 1.35. The minimum atomic E-state index is 1.62. The Labute approximate surface area is 38.1 Å². The van der Waals surface area contributed by atoms with Gasteiger partial charge < -0.3 is 4.74 Å². The van der Waals surface area contributed by atoms with E-state index in [1.54, 1.807) is 13.5 Å². The van der Waals surface area contributed by atoms with Crippen LogP contribution in [0.5, 0.6) is 0 Å². The molecule has 2 nitrogen and oxygen atoms in total. The highest BCUT2D eigenvalue weighted by molar-refractivity contribution is 5.38. The topological polar surface area (TPSA) is 12.2 Å². The summed E-state index contributed by atoms with van der Waals surface area (Å²) in [6.07, 6.45) is 1.62. The summed E-state index contributed by atoms with van der Waals surface area (Å²) in [5.74, 6) is 0. The minimum absolute atomic E-state index is 1.62. The molecule has 0 bridgehead atoms. The van der Waals surface area contributed by atoms with Gasteiger partial charge in [0.05, 0.1) is 7.11 Å². The van der Waals surface area contributed by atoms with E-state index in [9.17, 15) is 0 Å². The van der Waals surface area contributed by atoms with Crippen LogP contribution in [0.2, 0.25) is 0 Å². The number of nitrogens with zero attached hydrogens (tertiary/aromatic N) is 1. The van der Waals surface area contributed by atoms with Crippen LogP contribution in [0, 0.1) is 0 Å². The van der Waals surface area contributed by atoms with Gasteiger partial charge in [0.2, 0.25) is 0 Å². The van der Waals surface area contributed by atoms with Crippen LogP contribution in [-0.2, 0) is 4.74 Å². The number of rotatable bonds is 1. The second kappa shape index (κ2) is 2.69. The normalized spacial score (nSPS) is 7.17. The highest BCUT2D eigenvalue weighted by Gasteiger charge is 1.72. The monoisotopic (exact) mass is 88.1 g/mol. The van der Waals surface area contributed by atoms with E-state index in [1.807, 2.05) is 18.7 Å². The molecule has 0 fully saturated rings. The molecule has 0 aliphatic heterocycles. The van der Waals surface area contributed by atoms with Crippen molar-refractivity contribution in [2.24, 2.45) is 0 Å². The van der Waals surface area contributed by atoms with Crippen molar-refractivity contribution in [2.45, 2.75) is 0 Å². The van der Waals surface area contributed by atoms with Crippen molar-refractivity contribution in [1.29, 1.82) is 0 Å². The Hall–Kier alpha value is -0.530. The Morgan fingerprint density at radius 1 is 1.50 bits per heavy atom. The Bertz CT molecular complexity index is 54.6. The molecule has 0 saturated heterocycles. The summed E-state index contributed by atoms with van der Waals surface area (Å²) in [5, 5.41) is 0. The van der Waals surface area contributed by atoms with Gasteiger partial charge in [-0.1, -0.05) is 0 Å². The molecule has 0 aliphatic carbocycles. The van der Waals surface area contributed by atoms with Crippen LogP contribution < -0.4 is 0 Å². The Morgan fingerprint density at radius 2 is 2.00 bits per heavy atom. The maximum absolute atomic E-state index is 4.60. The summed E-state index contributed by atoms with van der Waals surface area (Å²) in [6, 6.07) is 0. The summed E-state index contributed by atoms with van der Waals surface area (Å²) in [6.45, 7) is 0. The predicted octanol–water partition coefficient (Wildman–Crippen LogP) is -0.0668. The summed E-state index contributed by atoms with van der Waals surface area (Å²) in [5.41, 5.74) is 0.